The number of hydrogen-bond acceptors (Lipinski definition) is 4. The van der Waals surface area contributed by atoms with Crippen molar-refractivity contribution in [1.29, 1.82) is 0 Å². The van der Waals surface area contributed by atoms with Gasteiger partial charge in [-0.3, -0.25) is 9.36 Å². The van der Waals surface area contributed by atoms with Gasteiger partial charge in [-0.25, -0.2) is 13.1 Å². The zero-order valence-corrected chi connectivity index (χ0v) is 14.8. The normalized spacial score (nSPS) is 13.6. The molecule has 0 unspecified atom stereocenters. The lowest BCUT2D eigenvalue weighted by atomic mass is 10.2. The van der Waals surface area contributed by atoms with Gasteiger partial charge < -0.3 is 0 Å². The summed E-state index contributed by atoms with van der Waals surface area (Å²) < 4.78 is 29.9. The minimum absolute atomic E-state index is 0.0429. The molecule has 0 aliphatic carbocycles. The van der Waals surface area contributed by atoms with Gasteiger partial charge >= 0.3 is 4.87 Å². The molecule has 1 aromatic heterocycles. The number of hydrogen-bond donors (Lipinski definition) is 1. The van der Waals surface area contributed by atoms with Crippen LogP contribution in [-0.4, -0.2) is 19.0 Å². The van der Waals surface area contributed by atoms with Crippen LogP contribution in [0.15, 0.2) is 27.9 Å². The second-order valence-corrected chi connectivity index (χ2v) is 8.17. The van der Waals surface area contributed by atoms with E-state index >= 15 is 0 Å². The van der Waals surface area contributed by atoms with Gasteiger partial charge in [-0.1, -0.05) is 31.6 Å². The minimum Gasteiger partial charge on any atom is -0.299 e. The summed E-state index contributed by atoms with van der Waals surface area (Å²) in [5, 5.41) is 0. The maximum absolute atomic E-state index is 12.4. The Kier molecular flexibility index (Phi) is 5.41. The maximum Gasteiger partial charge on any atom is 0.308 e. The number of sulfonamides is 1. The zero-order valence-electron chi connectivity index (χ0n) is 13.1. The van der Waals surface area contributed by atoms with Gasteiger partial charge in [0.25, 0.3) is 0 Å². The van der Waals surface area contributed by atoms with Gasteiger partial charge in [0, 0.05) is 12.6 Å². The molecule has 1 heterocycles. The van der Waals surface area contributed by atoms with Crippen LogP contribution in [0.4, 0.5) is 0 Å². The van der Waals surface area contributed by atoms with Crippen molar-refractivity contribution in [2.75, 3.05) is 0 Å². The van der Waals surface area contributed by atoms with E-state index in [-0.39, 0.29) is 15.8 Å². The zero-order chi connectivity index (χ0) is 16.3. The molecule has 0 bridgehead atoms. The summed E-state index contributed by atoms with van der Waals surface area (Å²) >= 11 is 1.09. The minimum atomic E-state index is -3.54. The first-order valence-corrected chi connectivity index (χ1v) is 9.84. The molecule has 0 amide bonds. The van der Waals surface area contributed by atoms with Gasteiger partial charge in [0.1, 0.15) is 0 Å². The summed E-state index contributed by atoms with van der Waals surface area (Å²) in [7, 11) is -3.54. The lowest BCUT2D eigenvalue weighted by Crippen LogP contribution is -2.32. The topological polar surface area (TPSA) is 68.2 Å². The van der Waals surface area contributed by atoms with E-state index in [0.29, 0.717) is 11.2 Å². The van der Waals surface area contributed by atoms with E-state index in [1.165, 1.54) is 0 Å². The predicted molar refractivity (Wildman–Crippen MR) is 91.1 cm³/mol. The van der Waals surface area contributed by atoms with Gasteiger partial charge in [-0.2, -0.15) is 0 Å². The van der Waals surface area contributed by atoms with Crippen LogP contribution in [0.1, 0.15) is 40.0 Å². The van der Waals surface area contributed by atoms with Crippen molar-refractivity contribution >= 4 is 31.6 Å². The number of nitrogens with one attached hydrogen (secondary N) is 1. The van der Waals surface area contributed by atoms with Crippen molar-refractivity contribution in [3.05, 3.63) is 27.9 Å². The van der Waals surface area contributed by atoms with Gasteiger partial charge in [0.15, 0.2) is 0 Å². The summed E-state index contributed by atoms with van der Waals surface area (Å²) in [5.74, 6) is 0. The number of benzene rings is 1. The number of rotatable bonds is 7. The number of thiazole rings is 1. The Hall–Kier alpha value is -1.18. The number of aromatic nitrogens is 1. The summed E-state index contributed by atoms with van der Waals surface area (Å²) in [5.41, 5.74) is 0.803. The van der Waals surface area contributed by atoms with Crippen LogP contribution in [0.5, 0.6) is 0 Å². The maximum atomic E-state index is 12.4. The average molecular weight is 342 g/mol. The lowest BCUT2D eigenvalue weighted by Gasteiger charge is -2.13. The second-order valence-electron chi connectivity index (χ2n) is 5.46. The molecule has 0 spiro atoms. The van der Waals surface area contributed by atoms with Gasteiger partial charge in [0.2, 0.25) is 10.0 Å². The molecule has 7 heteroatoms. The van der Waals surface area contributed by atoms with Gasteiger partial charge in [-0.15, -0.1) is 0 Å². The van der Waals surface area contributed by atoms with E-state index in [0.717, 1.165) is 36.1 Å². The quantitative estimate of drug-likeness (QED) is 0.841. The first-order valence-electron chi connectivity index (χ1n) is 7.54. The lowest BCUT2D eigenvalue weighted by molar-refractivity contribution is 0.544. The van der Waals surface area contributed by atoms with Gasteiger partial charge in [-0.05, 0) is 38.0 Å². The molecule has 2 rings (SSSR count). The largest absolute Gasteiger partial charge is 0.308 e. The molecule has 1 aromatic carbocycles. The number of fused-ring (bicyclic) bond motifs is 1. The van der Waals surface area contributed by atoms with E-state index < -0.39 is 10.0 Å². The van der Waals surface area contributed by atoms with E-state index in [9.17, 15) is 13.2 Å². The molecule has 1 atom stereocenters. The summed E-state index contributed by atoms with van der Waals surface area (Å²) in [6, 6.07) is 4.78. The first-order chi connectivity index (χ1) is 10.4. The van der Waals surface area contributed by atoms with Crippen LogP contribution in [0.2, 0.25) is 0 Å². The molecule has 0 aliphatic heterocycles. The first kappa shape index (κ1) is 17.2. The molecule has 0 fully saturated rings. The highest BCUT2D eigenvalue weighted by molar-refractivity contribution is 7.89. The fraction of sp³-hybridized carbons (Fsp3) is 0.533. The third kappa shape index (κ3) is 3.59. The summed E-state index contributed by atoms with van der Waals surface area (Å²) in [6.07, 6.45) is 2.58. The van der Waals surface area contributed by atoms with E-state index in [4.69, 9.17) is 0 Å². The number of nitrogens with zero attached hydrogens (tertiary/aromatic N) is 1. The monoisotopic (exact) mass is 342 g/mol. The average Bonchev–Trinajstić information content (AvgIpc) is 2.74. The van der Waals surface area contributed by atoms with E-state index in [1.807, 2.05) is 20.8 Å². The molecule has 5 nitrogen and oxygen atoms in total. The fourth-order valence-electron chi connectivity index (χ4n) is 2.47. The van der Waals surface area contributed by atoms with Crippen LogP contribution < -0.4 is 9.60 Å². The van der Waals surface area contributed by atoms with E-state index in [1.54, 1.807) is 22.8 Å². The molecule has 22 heavy (non-hydrogen) atoms. The van der Waals surface area contributed by atoms with Gasteiger partial charge in [0.05, 0.1) is 15.1 Å². The summed E-state index contributed by atoms with van der Waals surface area (Å²) in [6.45, 7) is 6.53. The molecule has 0 saturated carbocycles. The fourth-order valence-corrected chi connectivity index (χ4v) is 4.81. The molecule has 2 aromatic rings. The smallest absolute Gasteiger partial charge is 0.299 e. The van der Waals surface area contributed by atoms with Crippen LogP contribution in [0.25, 0.3) is 10.2 Å². The summed E-state index contributed by atoms with van der Waals surface area (Å²) in [4.78, 5) is 12.1. The number of aryl methyl sites for hydroxylation is 1. The van der Waals surface area contributed by atoms with Crippen LogP contribution in [0.3, 0.4) is 0 Å². The highest BCUT2D eigenvalue weighted by Crippen LogP contribution is 2.22. The standard InChI is InChI=1S/C15H22N2O3S2/c1-4-6-11(3)16-22(19,20)12-7-8-13-14(10-12)21-15(18)17(13)9-5-2/h7-8,10-11,16H,4-6,9H2,1-3H3/t11-/m1/s1. The molecule has 0 radical (unpaired) electrons. The highest BCUT2D eigenvalue weighted by Gasteiger charge is 2.18. The van der Waals surface area contributed by atoms with Crippen LogP contribution in [-0.2, 0) is 16.6 Å². The molecule has 122 valence electrons. The third-order valence-corrected chi connectivity index (χ3v) is 6.00. The molecular formula is C15H22N2O3S2. The van der Waals surface area contributed by atoms with Crippen molar-refractivity contribution in [2.24, 2.45) is 0 Å². The van der Waals surface area contributed by atoms with Crippen LogP contribution in [0, 0.1) is 0 Å². The Morgan fingerprint density at radius 1 is 1.27 bits per heavy atom. The Bertz CT molecular complexity index is 806. The van der Waals surface area contributed by atoms with Crippen molar-refractivity contribution in [3.63, 3.8) is 0 Å². The Morgan fingerprint density at radius 3 is 2.64 bits per heavy atom. The molecule has 0 saturated heterocycles. The Labute approximate surface area is 135 Å². The highest BCUT2D eigenvalue weighted by atomic mass is 32.2. The van der Waals surface area contributed by atoms with Crippen molar-refractivity contribution in [2.45, 2.75) is 57.5 Å². The third-order valence-electron chi connectivity index (χ3n) is 3.48. The second kappa shape index (κ2) is 6.93. The Balaban J connectivity index is 2.39. The molecular weight excluding hydrogens is 320 g/mol. The molecule has 1 N–H and O–H groups in total. The SMILES string of the molecule is CCC[C@@H](C)NS(=O)(=O)c1ccc2c(c1)sc(=O)n2CCC. The molecule has 0 aliphatic rings. The van der Waals surface area contributed by atoms with Crippen LogP contribution >= 0.6 is 11.3 Å². The van der Waals surface area contributed by atoms with Crippen molar-refractivity contribution in [3.8, 4) is 0 Å². The Morgan fingerprint density at radius 2 is 2.00 bits per heavy atom. The van der Waals surface area contributed by atoms with Crippen molar-refractivity contribution < 1.29 is 8.42 Å². The predicted octanol–water partition coefficient (Wildman–Crippen LogP) is 2.94. The van der Waals surface area contributed by atoms with E-state index in [2.05, 4.69) is 4.72 Å². The van der Waals surface area contributed by atoms with Crippen molar-refractivity contribution in [1.82, 2.24) is 9.29 Å².